The molecule has 2 nitrogen and oxygen atoms in total. The normalized spacial score (nSPS) is 13.3. The Balaban J connectivity index is 2.56. The standard InChI is InChI=1S/C14H19IN2/c1-13(2,3)9-6-7-10-11(8-9)17-12(16-10)14(4,5)15/h6-8H,1-5H3,(H,16,17). The van der Waals surface area contributed by atoms with Crippen molar-refractivity contribution in [3.05, 3.63) is 29.6 Å². The molecule has 0 unspecified atom stereocenters. The van der Waals surface area contributed by atoms with Gasteiger partial charge in [0.05, 0.1) is 14.5 Å². The van der Waals surface area contributed by atoms with E-state index in [9.17, 15) is 0 Å². The van der Waals surface area contributed by atoms with Crippen LogP contribution in [0.1, 0.15) is 46.0 Å². The summed E-state index contributed by atoms with van der Waals surface area (Å²) in [7, 11) is 0. The first-order valence-corrected chi connectivity index (χ1v) is 6.95. The number of aromatic nitrogens is 2. The molecule has 92 valence electrons. The highest BCUT2D eigenvalue weighted by Gasteiger charge is 2.21. The Morgan fingerprint density at radius 2 is 1.76 bits per heavy atom. The molecule has 0 bridgehead atoms. The monoisotopic (exact) mass is 342 g/mol. The van der Waals surface area contributed by atoms with Crippen molar-refractivity contribution in [2.24, 2.45) is 0 Å². The third kappa shape index (κ3) is 2.64. The molecule has 0 spiro atoms. The van der Waals surface area contributed by atoms with E-state index in [0.717, 1.165) is 16.9 Å². The lowest BCUT2D eigenvalue weighted by Gasteiger charge is -2.18. The van der Waals surface area contributed by atoms with Crippen LogP contribution in [0.25, 0.3) is 11.0 Å². The highest BCUT2D eigenvalue weighted by Crippen LogP contribution is 2.31. The van der Waals surface area contributed by atoms with Crippen LogP contribution in [0.2, 0.25) is 0 Å². The van der Waals surface area contributed by atoms with Crippen molar-refractivity contribution in [3.8, 4) is 0 Å². The van der Waals surface area contributed by atoms with E-state index < -0.39 is 0 Å². The van der Waals surface area contributed by atoms with Crippen LogP contribution >= 0.6 is 22.6 Å². The minimum Gasteiger partial charge on any atom is -0.341 e. The Hall–Kier alpha value is -0.580. The summed E-state index contributed by atoms with van der Waals surface area (Å²) in [6.07, 6.45) is 0. The second-order valence-electron chi connectivity index (χ2n) is 6.04. The highest BCUT2D eigenvalue weighted by molar-refractivity contribution is 14.1. The van der Waals surface area contributed by atoms with Crippen LogP contribution < -0.4 is 0 Å². The average Bonchev–Trinajstić information content (AvgIpc) is 2.57. The van der Waals surface area contributed by atoms with Crippen molar-refractivity contribution < 1.29 is 0 Å². The smallest absolute Gasteiger partial charge is 0.122 e. The molecule has 0 saturated heterocycles. The zero-order chi connectivity index (χ0) is 12.8. The molecule has 3 heteroatoms. The van der Waals surface area contributed by atoms with Crippen molar-refractivity contribution in [1.82, 2.24) is 9.97 Å². The molecule has 0 aliphatic rings. The number of fused-ring (bicyclic) bond motifs is 1. The molecule has 0 aliphatic carbocycles. The number of nitrogens with zero attached hydrogens (tertiary/aromatic N) is 1. The number of imidazole rings is 1. The number of hydrogen-bond donors (Lipinski definition) is 1. The molecule has 0 fully saturated rings. The molecule has 2 rings (SSSR count). The zero-order valence-electron chi connectivity index (χ0n) is 11.1. The summed E-state index contributed by atoms with van der Waals surface area (Å²) >= 11 is 2.41. The highest BCUT2D eigenvalue weighted by atomic mass is 127. The van der Waals surface area contributed by atoms with Gasteiger partial charge in [-0.1, -0.05) is 49.4 Å². The predicted molar refractivity (Wildman–Crippen MR) is 81.8 cm³/mol. The molecule has 1 heterocycles. The van der Waals surface area contributed by atoms with Gasteiger partial charge in [0.15, 0.2) is 0 Å². The molecule has 0 aliphatic heterocycles. The number of halogens is 1. The molecular weight excluding hydrogens is 323 g/mol. The maximum Gasteiger partial charge on any atom is 0.122 e. The Kier molecular flexibility index (Phi) is 3.00. The maximum absolute atomic E-state index is 4.64. The summed E-state index contributed by atoms with van der Waals surface area (Å²) in [6, 6.07) is 6.50. The zero-order valence-corrected chi connectivity index (χ0v) is 13.2. The second kappa shape index (κ2) is 3.97. The third-order valence-corrected chi connectivity index (χ3v) is 3.42. The molecule has 17 heavy (non-hydrogen) atoms. The first-order chi connectivity index (χ1) is 7.68. The topological polar surface area (TPSA) is 28.7 Å². The summed E-state index contributed by atoms with van der Waals surface area (Å²) < 4.78 is 0.0404. The summed E-state index contributed by atoms with van der Waals surface area (Å²) in [5.74, 6) is 1.04. The van der Waals surface area contributed by atoms with Gasteiger partial charge < -0.3 is 4.98 Å². The Morgan fingerprint density at radius 3 is 2.29 bits per heavy atom. The van der Waals surface area contributed by atoms with Crippen LogP contribution in [-0.2, 0) is 8.84 Å². The lowest BCUT2D eigenvalue weighted by atomic mass is 9.87. The van der Waals surface area contributed by atoms with Gasteiger partial charge in [0, 0.05) is 0 Å². The van der Waals surface area contributed by atoms with Gasteiger partial charge in [-0.05, 0) is 37.0 Å². The Labute approximate surface area is 116 Å². The van der Waals surface area contributed by atoms with E-state index in [4.69, 9.17) is 0 Å². The average molecular weight is 342 g/mol. The first kappa shape index (κ1) is 12.9. The van der Waals surface area contributed by atoms with Crippen molar-refractivity contribution in [1.29, 1.82) is 0 Å². The molecule has 0 atom stereocenters. The minimum absolute atomic E-state index is 0.0404. The number of nitrogens with one attached hydrogen (secondary N) is 1. The molecule has 0 amide bonds. The van der Waals surface area contributed by atoms with Gasteiger partial charge in [-0.15, -0.1) is 0 Å². The first-order valence-electron chi connectivity index (χ1n) is 5.87. The summed E-state index contributed by atoms with van der Waals surface area (Å²) in [5.41, 5.74) is 3.71. The van der Waals surface area contributed by atoms with Crippen LogP contribution in [0.5, 0.6) is 0 Å². The van der Waals surface area contributed by atoms with Gasteiger partial charge in [-0.25, -0.2) is 4.98 Å². The van der Waals surface area contributed by atoms with Crippen molar-refractivity contribution in [3.63, 3.8) is 0 Å². The lowest BCUT2D eigenvalue weighted by molar-refractivity contribution is 0.591. The summed E-state index contributed by atoms with van der Waals surface area (Å²) in [4.78, 5) is 8.07. The number of alkyl halides is 1. The fourth-order valence-corrected chi connectivity index (χ4v) is 2.01. The van der Waals surface area contributed by atoms with Gasteiger partial charge in [-0.3, -0.25) is 0 Å². The number of H-pyrrole nitrogens is 1. The fraction of sp³-hybridized carbons (Fsp3) is 0.500. The van der Waals surface area contributed by atoms with E-state index in [1.165, 1.54) is 5.56 Å². The molecule has 2 aromatic rings. The number of benzene rings is 1. The van der Waals surface area contributed by atoms with E-state index in [1.807, 2.05) is 0 Å². The summed E-state index contributed by atoms with van der Waals surface area (Å²) in [5, 5.41) is 0. The van der Waals surface area contributed by atoms with Crippen molar-refractivity contribution in [2.75, 3.05) is 0 Å². The molecular formula is C14H19IN2. The van der Waals surface area contributed by atoms with Crippen LogP contribution in [-0.4, -0.2) is 9.97 Å². The number of aromatic amines is 1. The van der Waals surface area contributed by atoms with Crippen LogP contribution in [0.3, 0.4) is 0 Å². The lowest BCUT2D eigenvalue weighted by Crippen LogP contribution is -2.10. The van der Waals surface area contributed by atoms with Gasteiger partial charge in [0.1, 0.15) is 5.82 Å². The van der Waals surface area contributed by atoms with E-state index >= 15 is 0 Å². The van der Waals surface area contributed by atoms with Crippen LogP contribution in [0.4, 0.5) is 0 Å². The quantitative estimate of drug-likeness (QED) is 0.599. The van der Waals surface area contributed by atoms with Crippen LogP contribution in [0, 0.1) is 0 Å². The van der Waals surface area contributed by atoms with E-state index in [0.29, 0.717) is 0 Å². The van der Waals surface area contributed by atoms with Gasteiger partial charge >= 0.3 is 0 Å². The van der Waals surface area contributed by atoms with Crippen LogP contribution in [0.15, 0.2) is 18.2 Å². The Bertz CT molecular complexity index is 529. The van der Waals surface area contributed by atoms with Gasteiger partial charge in [0.2, 0.25) is 0 Å². The van der Waals surface area contributed by atoms with E-state index in [1.54, 1.807) is 0 Å². The largest absolute Gasteiger partial charge is 0.341 e. The molecule has 0 saturated carbocycles. The SMILES string of the molecule is CC(C)(C)c1ccc2nc(C(C)(C)I)[nH]c2c1. The third-order valence-electron chi connectivity index (χ3n) is 2.91. The summed E-state index contributed by atoms with van der Waals surface area (Å²) in [6.45, 7) is 11.0. The molecule has 1 aromatic heterocycles. The maximum atomic E-state index is 4.64. The Morgan fingerprint density at radius 1 is 1.12 bits per heavy atom. The van der Waals surface area contributed by atoms with Crippen molar-refractivity contribution in [2.45, 2.75) is 43.5 Å². The van der Waals surface area contributed by atoms with Crippen molar-refractivity contribution >= 4 is 33.6 Å². The second-order valence-corrected chi connectivity index (χ2v) is 8.74. The molecule has 1 N–H and O–H groups in total. The molecule has 1 aromatic carbocycles. The molecule has 0 radical (unpaired) electrons. The number of rotatable bonds is 1. The number of hydrogen-bond acceptors (Lipinski definition) is 1. The predicted octanol–water partition coefficient (Wildman–Crippen LogP) is 4.53. The van der Waals surface area contributed by atoms with E-state index in [2.05, 4.69) is 85.4 Å². The van der Waals surface area contributed by atoms with Gasteiger partial charge in [-0.2, -0.15) is 0 Å². The van der Waals surface area contributed by atoms with Gasteiger partial charge in [0.25, 0.3) is 0 Å². The fourth-order valence-electron chi connectivity index (χ4n) is 1.76. The van der Waals surface area contributed by atoms with E-state index in [-0.39, 0.29) is 8.84 Å². The minimum atomic E-state index is 0.0404.